The van der Waals surface area contributed by atoms with Gasteiger partial charge in [0.05, 0.1) is 18.2 Å². The summed E-state index contributed by atoms with van der Waals surface area (Å²) in [5.41, 5.74) is 2.00. The van der Waals surface area contributed by atoms with E-state index in [0.29, 0.717) is 43.8 Å². The first-order valence-electron chi connectivity index (χ1n) is 14.1. The molecule has 0 radical (unpaired) electrons. The van der Waals surface area contributed by atoms with E-state index in [1.165, 1.54) is 0 Å². The zero-order valence-electron chi connectivity index (χ0n) is 24.1. The van der Waals surface area contributed by atoms with Crippen LogP contribution >= 0.6 is 0 Å². The van der Waals surface area contributed by atoms with Crippen molar-refractivity contribution in [2.75, 3.05) is 18.0 Å². The summed E-state index contributed by atoms with van der Waals surface area (Å²) in [5, 5.41) is 11.3. The second kappa shape index (κ2) is 12.3. The van der Waals surface area contributed by atoms with Crippen LogP contribution in [0.4, 0.5) is 10.5 Å². The molecule has 0 N–H and O–H groups in total. The highest BCUT2D eigenvalue weighted by atomic mass is 16.6. The van der Waals surface area contributed by atoms with Gasteiger partial charge in [-0.2, -0.15) is 5.26 Å². The zero-order chi connectivity index (χ0) is 29.7. The maximum Gasteiger partial charge on any atom is 0.410 e. The van der Waals surface area contributed by atoms with Gasteiger partial charge in [-0.3, -0.25) is 9.78 Å². The number of carbonyl (C=O) groups is 2. The lowest BCUT2D eigenvalue weighted by molar-refractivity contribution is 0.0126. The number of likely N-dealkylation sites (tertiary alicyclic amines) is 1. The van der Waals surface area contributed by atoms with Crippen molar-refractivity contribution in [3.8, 4) is 11.8 Å². The van der Waals surface area contributed by atoms with Crippen molar-refractivity contribution in [3.63, 3.8) is 0 Å². The van der Waals surface area contributed by atoms with Crippen molar-refractivity contribution < 1.29 is 19.1 Å². The van der Waals surface area contributed by atoms with Crippen LogP contribution in [0.3, 0.4) is 0 Å². The summed E-state index contributed by atoms with van der Waals surface area (Å²) in [4.78, 5) is 34.1. The van der Waals surface area contributed by atoms with Crippen LogP contribution in [-0.4, -0.2) is 46.7 Å². The van der Waals surface area contributed by atoms with Gasteiger partial charge in [-0.25, -0.2) is 4.79 Å². The molecule has 0 saturated carbocycles. The van der Waals surface area contributed by atoms with Gasteiger partial charge in [0, 0.05) is 43.9 Å². The molecule has 0 aliphatic carbocycles. The first-order chi connectivity index (χ1) is 20.2. The Morgan fingerprint density at radius 2 is 1.71 bits per heavy atom. The van der Waals surface area contributed by atoms with Crippen molar-refractivity contribution in [2.45, 2.75) is 51.9 Å². The molecule has 5 rings (SSSR count). The number of ether oxygens (including phenoxy) is 2. The average Bonchev–Trinajstić information content (AvgIpc) is 2.99. The second-order valence-corrected chi connectivity index (χ2v) is 11.4. The van der Waals surface area contributed by atoms with Crippen LogP contribution in [0.5, 0.6) is 5.75 Å². The number of amides is 2. The molecule has 0 unspecified atom stereocenters. The number of fused-ring (bicyclic) bond motifs is 1. The maximum atomic E-state index is 13.9. The fraction of sp³-hybridized carbons (Fsp3) is 0.294. The monoisotopic (exact) mass is 562 g/mol. The number of hydrogen-bond donors (Lipinski definition) is 0. The Morgan fingerprint density at radius 1 is 0.976 bits per heavy atom. The Balaban J connectivity index is 1.31. The highest BCUT2D eigenvalue weighted by Crippen LogP contribution is 2.25. The van der Waals surface area contributed by atoms with Crippen molar-refractivity contribution in [2.24, 2.45) is 0 Å². The molecule has 0 spiro atoms. The molecule has 42 heavy (non-hydrogen) atoms. The van der Waals surface area contributed by atoms with Crippen LogP contribution in [0, 0.1) is 11.3 Å². The number of para-hydroxylation sites is 1. The Morgan fingerprint density at radius 3 is 2.43 bits per heavy atom. The summed E-state index contributed by atoms with van der Waals surface area (Å²) in [6, 6.07) is 26.7. The predicted octanol–water partition coefficient (Wildman–Crippen LogP) is 6.73. The van der Waals surface area contributed by atoms with Gasteiger partial charge in [-0.1, -0.05) is 36.4 Å². The van der Waals surface area contributed by atoms with Crippen LogP contribution in [0.2, 0.25) is 0 Å². The Bertz CT molecular complexity index is 1620. The van der Waals surface area contributed by atoms with Crippen molar-refractivity contribution in [3.05, 3.63) is 102 Å². The van der Waals surface area contributed by atoms with Crippen molar-refractivity contribution >= 4 is 28.5 Å². The van der Waals surface area contributed by atoms with Crippen LogP contribution in [0.25, 0.3) is 10.8 Å². The van der Waals surface area contributed by atoms with E-state index in [1.54, 1.807) is 34.2 Å². The van der Waals surface area contributed by atoms with E-state index >= 15 is 0 Å². The maximum absolute atomic E-state index is 13.9. The predicted molar refractivity (Wildman–Crippen MR) is 161 cm³/mol. The van der Waals surface area contributed by atoms with E-state index in [-0.39, 0.29) is 23.8 Å². The summed E-state index contributed by atoms with van der Waals surface area (Å²) < 4.78 is 11.7. The lowest BCUT2D eigenvalue weighted by atomic mass is 10.0. The lowest BCUT2D eigenvalue weighted by Crippen LogP contribution is -2.44. The number of rotatable bonds is 6. The highest BCUT2D eigenvalue weighted by molar-refractivity contribution is 6.05. The molecule has 1 aromatic heterocycles. The second-order valence-electron chi connectivity index (χ2n) is 11.4. The zero-order valence-corrected chi connectivity index (χ0v) is 24.1. The number of nitrogens with zero attached hydrogens (tertiary/aromatic N) is 4. The topological polar surface area (TPSA) is 95.8 Å². The Hall–Kier alpha value is -4.90. The summed E-state index contributed by atoms with van der Waals surface area (Å²) >= 11 is 0. The molecule has 1 fully saturated rings. The number of anilines is 1. The standard InChI is InChI=1S/C34H34N4O4/c1-34(2,3)42-33(40)37-17-14-29(15-18-37)41-30-13-16-36-31(21-30)32(39)38(28-7-5-4-6-8-28)23-25-10-12-26-11-9-24(22-35)19-27(26)20-25/h4-13,16,19-21,29H,14-15,17-18,23H2,1-3H3. The van der Waals surface area contributed by atoms with Crippen molar-refractivity contribution in [1.82, 2.24) is 9.88 Å². The molecule has 214 valence electrons. The number of benzene rings is 3. The number of aromatic nitrogens is 1. The van der Waals surface area contributed by atoms with Gasteiger partial charge in [0.2, 0.25) is 0 Å². The van der Waals surface area contributed by atoms with Gasteiger partial charge in [0.1, 0.15) is 23.1 Å². The van der Waals surface area contributed by atoms with E-state index in [0.717, 1.165) is 22.0 Å². The number of nitriles is 1. The van der Waals surface area contributed by atoms with E-state index in [1.807, 2.05) is 81.4 Å². The molecule has 3 aromatic carbocycles. The molecule has 1 saturated heterocycles. The third-order valence-electron chi connectivity index (χ3n) is 7.03. The molecular weight excluding hydrogens is 528 g/mol. The van der Waals surface area contributed by atoms with Crippen LogP contribution in [-0.2, 0) is 11.3 Å². The van der Waals surface area contributed by atoms with Gasteiger partial charge in [0.15, 0.2) is 0 Å². The molecule has 2 amide bonds. The van der Waals surface area contributed by atoms with Gasteiger partial charge >= 0.3 is 6.09 Å². The van der Waals surface area contributed by atoms with Gasteiger partial charge < -0.3 is 19.3 Å². The molecule has 0 atom stereocenters. The number of carbonyl (C=O) groups excluding carboxylic acids is 2. The minimum atomic E-state index is -0.534. The molecule has 0 bridgehead atoms. The van der Waals surface area contributed by atoms with Gasteiger partial charge in [-0.15, -0.1) is 0 Å². The molecule has 1 aliphatic rings. The minimum Gasteiger partial charge on any atom is -0.490 e. The summed E-state index contributed by atoms with van der Waals surface area (Å²) in [5.74, 6) is 0.309. The Kier molecular flexibility index (Phi) is 8.39. The van der Waals surface area contributed by atoms with Gasteiger partial charge in [-0.05, 0) is 73.5 Å². The summed E-state index contributed by atoms with van der Waals surface area (Å²) in [6.45, 7) is 6.98. The van der Waals surface area contributed by atoms with Crippen molar-refractivity contribution in [1.29, 1.82) is 5.26 Å². The summed E-state index contributed by atoms with van der Waals surface area (Å²) in [6.07, 6.45) is 2.51. The minimum absolute atomic E-state index is 0.0878. The third kappa shape index (κ3) is 7.05. The fourth-order valence-electron chi connectivity index (χ4n) is 4.95. The van der Waals surface area contributed by atoms with E-state index in [4.69, 9.17) is 9.47 Å². The molecular formula is C34H34N4O4. The first-order valence-corrected chi connectivity index (χ1v) is 14.1. The fourth-order valence-corrected chi connectivity index (χ4v) is 4.95. The largest absolute Gasteiger partial charge is 0.490 e. The van der Waals surface area contributed by atoms with E-state index in [2.05, 4.69) is 11.1 Å². The molecule has 1 aliphatic heterocycles. The average molecular weight is 563 g/mol. The normalized spacial score (nSPS) is 13.8. The highest BCUT2D eigenvalue weighted by Gasteiger charge is 2.28. The van der Waals surface area contributed by atoms with Crippen LogP contribution < -0.4 is 9.64 Å². The van der Waals surface area contributed by atoms with E-state index < -0.39 is 5.60 Å². The van der Waals surface area contributed by atoms with Crippen LogP contribution in [0.15, 0.2) is 85.1 Å². The number of piperidine rings is 1. The molecule has 4 aromatic rings. The SMILES string of the molecule is CC(C)(C)OC(=O)N1CCC(Oc2ccnc(C(=O)N(Cc3ccc4ccc(C#N)cc4c3)c3ccccc3)c2)CC1. The Labute approximate surface area is 246 Å². The van der Waals surface area contributed by atoms with E-state index in [9.17, 15) is 14.9 Å². The lowest BCUT2D eigenvalue weighted by Gasteiger charge is -2.33. The quantitative estimate of drug-likeness (QED) is 0.259. The summed E-state index contributed by atoms with van der Waals surface area (Å²) in [7, 11) is 0. The number of pyridine rings is 1. The molecule has 8 heteroatoms. The van der Waals surface area contributed by atoms with Gasteiger partial charge in [0.25, 0.3) is 5.91 Å². The smallest absolute Gasteiger partial charge is 0.410 e. The third-order valence-corrected chi connectivity index (χ3v) is 7.03. The molecule has 2 heterocycles. The molecule has 8 nitrogen and oxygen atoms in total. The first kappa shape index (κ1) is 28.6. The van der Waals surface area contributed by atoms with Crippen LogP contribution in [0.1, 0.15) is 55.2 Å². The number of hydrogen-bond acceptors (Lipinski definition) is 6.